The minimum absolute atomic E-state index is 0.300. The van der Waals surface area contributed by atoms with Crippen LogP contribution in [0.3, 0.4) is 0 Å². The normalized spacial score (nSPS) is 11.4. The van der Waals surface area contributed by atoms with Crippen LogP contribution in [-0.2, 0) is 4.79 Å². The smallest absolute Gasteiger partial charge is 0.217 e. The molecule has 0 bridgehead atoms. The van der Waals surface area contributed by atoms with Crippen molar-refractivity contribution < 1.29 is 4.79 Å². The number of fused-ring (bicyclic) bond motifs is 1. The number of primary amides is 1. The van der Waals surface area contributed by atoms with Crippen molar-refractivity contribution in [1.82, 2.24) is 15.2 Å². The van der Waals surface area contributed by atoms with Gasteiger partial charge in [0.2, 0.25) is 5.91 Å². The Morgan fingerprint density at radius 3 is 2.84 bits per heavy atom. The van der Waals surface area contributed by atoms with E-state index < -0.39 is 0 Å². The van der Waals surface area contributed by atoms with E-state index in [2.05, 4.69) is 20.2 Å². The Morgan fingerprint density at radius 1 is 1.28 bits per heavy atom. The number of aliphatic imine (C=N–C) groups is 1. The molecule has 0 atom stereocenters. The second kappa shape index (κ2) is 7.00. The van der Waals surface area contributed by atoms with Gasteiger partial charge in [-0.3, -0.25) is 14.9 Å². The number of rotatable bonds is 6. The molecule has 0 saturated heterocycles. The summed E-state index contributed by atoms with van der Waals surface area (Å²) in [6.45, 7) is 0.471. The van der Waals surface area contributed by atoms with Gasteiger partial charge in [0.1, 0.15) is 5.82 Å². The number of amides is 1. The van der Waals surface area contributed by atoms with Gasteiger partial charge >= 0.3 is 0 Å². The van der Waals surface area contributed by atoms with E-state index in [0.717, 1.165) is 16.6 Å². The predicted molar refractivity (Wildman–Crippen MR) is 99.0 cm³/mol. The van der Waals surface area contributed by atoms with Crippen LogP contribution in [0.25, 0.3) is 22.2 Å². The van der Waals surface area contributed by atoms with Gasteiger partial charge < -0.3 is 17.2 Å². The van der Waals surface area contributed by atoms with E-state index in [-0.39, 0.29) is 5.91 Å². The molecule has 2 heterocycles. The van der Waals surface area contributed by atoms with Crippen molar-refractivity contribution in [2.24, 2.45) is 10.7 Å². The molecular weight excluding hydrogens is 318 g/mol. The minimum atomic E-state index is -0.338. The number of nitrogens with two attached hydrogens (primary N) is 3. The van der Waals surface area contributed by atoms with Gasteiger partial charge in [-0.2, -0.15) is 5.10 Å². The number of hydrogen-bond donors (Lipinski definition) is 4. The van der Waals surface area contributed by atoms with E-state index in [9.17, 15) is 4.79 Å². The number of hydrogen-bond acceptors (Lipinski definition) is 6. The third-order valence-corrected chi connectivity index (χ3v) is 3.84. The van der Waals surface area contributed by atoms with E-state index in [1.165, 1.54) is 0 Å². The quantitative estimate of drug-likeness (QED) is 0.397. The second-order valence-corrected chi connectivity index (χ2v) is 5.63. The molecule has 7 N–H and O–H groups in total. The highest BCUT2D eigenvalue weighted by atomic mass is 16.1. The van der Waals surface area contributed by atoms with E-state index in [0.29, 0.717) is 42.0 Å². The summed E-state index contributed by atoms with van der Waals surface area (Å²) in [7, 11) is 0. The van der Waals surface area contributed by atoms with Crippen LogP contribution in [0.4, 0.5) is 11.5 Å². The predicted octanol–water partition coefficient (Wildman–Crippen LogP) is 1.47. The minimum Gasteiger partial charge on any atom is -0.398 e. The molecule has 3 rings (SSSR count). The van der Waals surface area contributed by atoms with Crippen LogP contribution < -0.4 is 17.2 Å². The summed E-state index contributed by atoms with van der Waals surface area (Å²) in [5, 5.41) is 7.66. The highest BCUT2D eigenvalue weighted by Crippen LogP contribution is 2.29. The van der Waals surface area contributed by atoms with Crippen LogP contribution in [0, 0.1) is 0 Å². The molecule has 0 saturated carbocycles. The number of anilines is 2. The lowest BCUT2D eigenvalue weighted by molar-refractivity contribution is -0.118. The van der Waals surface area contributed by atoms with Crippen LogP contribution in [0.1, 0.15) is 18.4 Å². The van der Waals surface area contributed by atoms with Crippen molar-refractivity contribution in [2.45, 2.75) is 12.8 Å². The molecule has 8 heteroatoms. The molecule has 8 nitrogen and oxygen atoms in total. The summed E-state index contributed by atoms with van der Waals surface area (Å²) >= 11 is 0. The molecule has 0 aliphatic heterocycles. The van der Waals surface area contributed by atoms with Gasteiger partial charge in [0, 0.05) is 36.3 Å². The maximum Gasteiger partial charge on any atom is 0.217 e. The molecule has 1 amide bonds. The lowest BCUT2D eigenvalue weighted by Gasteiger charge is -2.09. The molecule has 0 radical (unpaired) electrons. The highest BCUT2D eigenvalue weighted by molar-refractivity contribution is 6.04. The average Bonchev–Trinajstić information content (AvgIpc) is 3.11. The number of carbonyl (C=O) groups is 1. The molecule has 0 aliphatic rings. The van der Waals surface area contributed by atoms with Gasteiger partial charge in [0.15, 0.2) is 0 Å². The first-order chi connectivity index (χ1) is 12.1. The Kier molecular flexibility index (Phi) is 4.60. The summed E-state index contributed by atoms with van der Waals surface area (Å²) in [6, 6.07) is 7.62. The Hall–Kier alpha value is -3.42. The van der Waals surface area contributed by atoms with Gasteiger partial charge in [-0.05, 0) is 18.6 Å². The SMILES string of the molecule is NC(=O)CCCN=Cc1c(N)nc2cc(-c3ccn[nH]3)ccc2c1N. The van der Waals surface area contributed by atoms with E-state index in [1.54, 1.807) is 12.4 Å². The van der Waals surface area contributed by atoms with Crippen LogP contribution in [0.5, 0.6) is 0 Å². The maximum atomic E-state index is 10.7. The van der Waals surface area contributed by atoms with Crippen molar-refractivity contribution >= 4 is 34.5 Å². The number of benzene rings is 1. The first kappa shape index (κ1) is 16.4. The Morgan fingerprint density at radius 2 is 2.12 bits per heavy atom. The molecule has 25 heavy (non-hydrogen) atoms. The Bertz CT molecular complexity index is 932. The molecule has 1 aromatic carbocycles. The second-order valence-electron chi connectivity index (χ2n) is 5.63. The summed E-state index contributed by atoms with van der Waals surface area (Å²) in [6.07, 6.45) is 4.17. The van der Waals surface area contributed by atoms with Crippen molar-refractivity contribution in [2.75, 3.05) is 18.0 Å². The number of carbonyl (C=O) groups excluding carboxylic acids is 1. The Balaban J connectivity index is 1.89. The van der Waals surface area contributed by atoms with Crippen molar-refractivity contribution in [1.29, 1.82) is 0 Å². The van der Waals surface area contributed by atoms with Gasteiger partial charge in [-0.25, -0.2) is 4.98 Å². The summed E-state index contributed by atoms with van der Waals surface area (Å²) in [5.74, 6) is -0.0277. The van der Waals surface area contributed by atoms with Gasteiger partial charge in [-0.15, -0.1) is 0 Å². The summed E-state index contributed by atoms with van der Waals surface area (Å²) in [4.78, 5) is 19.4. The van der Waals surface area contributed by atoms with Gasteiger partial charge in [0.05, 0.1) is 22.5 Å². The number of aromatic amines is 1. The lowest BCUT2D eigenvalue weighted by Crippen LogP contribution is -2.10. The molecule has 0 aliphatic carbocycles. The van der Waals surface area contributed by atoms with Gasteiger partial charge in [0.25, 0.3) is 0 Å². The average molecular weight is 337 g/mol. The highest BCUT2D eigenvalue weighted by Gasteiger charge is 2.10. The van der Waals surface area contributed by atoms with Crippen LogP contribution >= 0.6 is 0 Å². The largest absolute Gasteiger partial charge is 0.398 e. The zero-order chi connectivity index (χ0) is 17.8. The number of aromatic nitrogens is 3. The van der Waals surface area contributed by atoms with Crippen LogP contribution in [-0.4, -0.2) is 33.8 Å². The van der Waals surface area contributed by atoms with Crippen molar-refractivity contribution in [3.63, 3.8) is 0 Å². The molecule has 128 valence electrons. The first-order valence-electron chi connectivity index (χ1n) is 7.83. The fraction of sp³-hybridized carbons (Fsp3) is 0.176. The molecule has 2 aromatic heterocycles. The van der Waals surface area contributed by atoms with Crippen LogP contribution in [0.2, 0.25) is 0 Å². The Labute approximate surface area is 144 Å². The van der Waals surface area contributed by atoms with Crippen molar-refractivity contribution in [3.8, 4) is 11.3 Å². The first-order valence-corrected chi connectivity index (χ1v) is 7.83. The molecule has 0 fully saturated rings. The number of H-pyrrole nitrogens is 1. The van der Waals surface area contributed by atoms with Gasteiger partial charge in [-0.1, -0.05) is 12.1 Å². The van der Waals surface area contributed by atoms with Crippen molar-refractivity contribution in [3.05, 3.63) is 36.0 Å². The fourth-order valence-electron chi connectivity index (χ4n) is 2.55. The zero-order valence-corrected chi connectivity index (χ0v) is 13.6. The maximum absolute atomic E-state index is 10.7. The number of nitrogens with one attached hydrogen (secondary N) is 1. The summed E-state index contributed by atoms with van der Waals surface area (Å²) < 4.78 is 0. The third-order valence-electron chi connectivity index (χ3n) is 3.84. The number of nitrogen functional groups attached to an aromatic ring is 2. The molecule has 0 unspecified atom stereocenters. The molecule has 0 spiro atoms. The van der Waals surface area contributed by atoms with E-state index >= 15 is 0 Å². The molecular formula is C17H19N7O. The van der Waals surface area contributed by atoms with Crippen LogP contribution in [0.15, 0.2) is 35.5 Å². The monoisotopic (exact) mass is 337 g/mol. The topological polar surface area (TPSA) is 149 Å². The third kappa shape index (κ3) is 3.57. The standard InChI is InChI=1S/C17H19N7O/c18-15(25)2-1-6-21-9-12-16(19)11-4-3-10(13-5-7-22-24-13)8-14(11)23-17(12)20/h3-5,7-9H,1-2,6H2,(H2,18,25)(H,22,24)(H4,19,20,23). The zero-order valence-electron chi connectivity index (χ0n) is 13.6. The summed E-state index contributed by atoms with van der Waals surface area (Å²) in [5.41, 5.74) is 21.0. The van der Waals surface area contributed by atoms with E-state index in [1.807, 2.05) is 24.3 Å². The fourth-order valence-corrected chi connectivity index (χ4v) is 2.55. The number of pyridine rings is 1. The lowest BCUT2D eigenvalue weighted by atomic mass is 10.1. The van der Waals surface area contributed by atoms with E-state index in [4.69, 9.17) is 17.2 Å². The molecule has 3 aromatic rings. The number of nitrogens with zero attached hydrogens (tertiary/aromatic N) is 3.